The SMILES string of the molecule is O=C(CCC1CCCCC1)OC(CSCCCCCC1(CCCCCSCC(OC(=O)CCC2CCCCC2)C2CCCCC2)OCC(CCCl)O1)C1CCCCC1. The third-order valence-corrected chi connectivity index (χ3v) is 17.0. The first kappa shape index (κ1) is 48.9. The molecule has 0 spiro atoms. The monoisotopic (exact) mass is 869 g/mol. The van der Waals surface area contributed by atoms with E-state index in [1.165, 1.54) is 154 Å². The summed E-state index contributed by atoms with van der Waals surface area (Å²) < 4.78 is 25.6. The van der Waals surface area contributed by atoms with E-state index in [1.807, 2.05) is 23.5 Å². The van der Waals surface area contributed by atoms with Gasteiger partial charge >= 0.3 is 11.9 Å². The lowest BCUT2D eigenvalue weighted by molar-refractivity contribution is -0.179. The minimum absolute atomic E-state index is 0.0517. The first-order valence-corrected chi connectivity index (χ1v) is 27.8. The van der Waals surface area contributed by atoms with Crippen LogP contribution in [0.15, 0.2) is 0 Å². The molecule has 5 rings (SSSR count). The molecule has 0 bridgehead atoms. The Morgan fingerprint density at radius 2 is 1.00 bits per heavy atom. The van der Waals surface area contributed by atoms with Gasteiger partial charge < -0.3 is 18.9 Å². The Balaban J connectivity index is 0.960. The van der Waals surface area contributed by atoms with Crippen molar-refractivity contribution in [3.63, 3.8) is 0 Å². The van der Waals surface area contributed by atoms with E-state index < -0.39 is 5.79 Å². The second-order valence-electron chi connectivity index (χ2n) is 19.1. The Morgan fingerprint density at radius 3 is 1.43 bits per heavy atom. The van der Waals surface area contributed by atoms with Crippen molar-refractivity contribution in [3.8, 4) is 0 Å². The first-order chi connectivity index (χ1) is 28.5. The number of alkyl halides is 1. The maximum Gasteiger partial charge on any atom is 0.306 e. The second kappa shape index (κ2) is 29.3. The number of hydrogen-bond acceptors (Lipinski definition) is 8. The van der Waals surface area contributed by atoms with E-state index in [2.05, 4.69) is 0 Å². The Hall–Kier alpha value is -0.150. The highest BCUT2D eigenvalue weighted by molar-refractivity contribution is 7.99. The van der Waals surface area contributed by atoms with Gasteiger partial charge in [-0.1, -0.05) is 116 Å². The Morgan fingerprint density at radius 1 is 0.569 bits per heavy atom. The smallest absolute Gasteiger partial charge is 0.306 e. The summed E-state index contributed by atoms with van der Waals surface area (Å²) in [4.78, 5) is 25.9. The molecule has 9 heteroatoms. The summed E-state index contributed by atoms with van der Waals surface area (Å²) in [5.41, 5.74) is 0. The van der Waals surface area contributed by atoms with Crippen LogP contribution in [0.25, 0.3) is 0 Å². The van der Waals surface area contributed by atoms with Gasteiger partial charge in [-0.3, -0.25) is 9.59 Å². The molecule has 0 aromatic carbocycles. The van der Waals surface area contributed by atoms with Crippen LogP contribution in [0.4, 0.5) is 0 Å². The van der Waals surface area contributed by atoms with Gasteiger partial charge in [-0.2, -0.15) is 23.5 Å². The molecule has 1 aliphatic heterocycles. The quantitative estimate of drug-likeness (QED) is 0.0437. The molecule has 5 aliphatic rings. The second-order valence-corrected chi connectivity index (χ2v) is 21.8. The fraction of sp³-hybridized carbons (Fsp3) is 0.959. The van der Waals surface area contributed by atoms with Gasteiger partial charge in [0.15, 0.2) is 5.79 Å². The van der Waals surface area contributed by atoms with E-state index in [1.54, 1.807) is 0 Å². The van der Waals surface area contributed by atoms with Gasteiger partial charge in [0, 0.05) is 43.1 Å². The molecule has 3 unspecified atom stereocenters. The van der Waals surface area contributed by atoms with Crippen LogP contribution in [-0.4, -0.2) is 71.5 Å². The molecule has 6 nitrogen and oxygen atoms in total. The van der Waals surface area contributed by atoms with Crippen LogP contribution in [0.5, 0.6) is 0 Å². The van der Waals surface area contributed by atoms with Gasteiger partial charge in [0.25, 0.3) is 0 Å². The summed E-state index contributed by atoms with van der Waals surface area (Å²) in [5.74, 6) is 6.91. The van der Waals surface area contributed by atoms with Crippen molar-refractivity contribution in [1.29, 1.82) is 0 Å². The third kappa shape index (κ3) is 19.1. The van der Waals surface area contributed by atoms with Crippen molar-refractivity contribution in [2.75, 3.05) is 35.5 Å². The molecule has 5 fully saturated rings. The number of carbonyl (C=O) groups excluding carboxylic acids is 2. The maximum absolute atomic E-state index is 13.0. The van der Waals surface area contributed by atoms with Gasteiger partial charge in [-0.15, -0.1) is 11.6 Å². The van der Waals surface area contributed by atoms with E-state index in [0.717, 1.165) is 79.8 Å². The van der Waals surface area contributed by atoms with E-state index in [9.17, 15) is 9.59 Å². The van der Waals surface area contributed by atoms with E-state index in [-0.39, 0.29) is 30.3 Å². The molecule has 0 amide bonds. The molecule has 0 aromatic heterocycles. The Kier molecular flexibility index (Phi) is 24.7. The van der Waals surface area contributed by atoms with Crippen LogP contribution in [0, 0.1) is 23.7 Å². The van der Waals surface area contributed by atoms with Crippen LogP contribution in [0.1, 0.15) is 212 Å². The molecule has 58 heavy (non-hydrogen) atoms. The lowest BCUT2D eigenvalue weighted by Gasteiger charge is -2.30. The number of carbonyl (C=O) groups is 2. The van der Waals surface area contributed by atoms with Crippen molar-refractivity contribution >= 4 is 47.1 Å². The number of esters is 2. The predicted octanol–water partition coefficient (Wildman–Crippen LogP) is 14.0. The van der Waals surface area contributed by atoms with E-state index >= 15 is 0 Å². The molecule has 4 saturated carbocycles. The van der Waals surface area contributed by atoms with E-state index in [0.29, 0.717) is 37.2 Å². The molecule has 0 N–H and O–H groups in total. The highest BCUT2D eigenvalue weighted by atomic mass is 35.5. The first-order valence-electron chi connectivity index (χ1n) is 24.9. The summed E-state index contributed by atoms with van der Waals surface area (Å²) in [6, 6.07) is 0. The summed E-state index contributed by atoms with van der Waals surface area (Å²) in [5, 5.41) is 0. The Bertz CT molecular complexity index is 1020. The lowest BCUT2D eigenvalue weighted by Crippen LogP contribution is -2.31. The van der Waals surface area contributed by atoms with Gasteiger partial charge in [0.2, 0.25) is 0 Å². The van der Waals surface area contributed by atoms with Crippen molar-refractivity contribution in [1.82, 2.24) is 0 Å². The number of thioether (sulfide) groups is 2. The average Bonchev–Trinajstić information content (AvgIpc) is 3.67. The van der Waals surface area contributed by atoms with Crippen molar-refractivity contribution in [2.45, 2.75) is 236 Å². The minimum Gasteiger partial charge on any atom is -0.461 e. The molecule has 1 heterocycles. The van der Waals surface area contributed by atoms with Gasteiger partial charge in [-0.25, -0.2) is 0 Å². The number of rotatable bonds is 28. The predicted molar refractivity (Wildman–Crippen MR) is 245 cm³/mol. The zero-order valence-electron chi connectivity index (χ0n) is 36.8. The van der Waals surface area contributed by atoms with Crippen molar-refractivity contribution < 1.29 is 28.5 Å². The summed E-state index contributed by atoms with van der Waals surface area (Å²) in [6.07, 6.45) is 39.0. The molecule has 4 aliphatic carbocycles. The molecule has 0 radical (unpaired) electrons. The molecule has 1 saturated heterocycles. The summed E-state index contributed by atoms with van der Waals surface area (Å²) in [7, 11) is 0. The highest BCUT2D eigenvalue weighted by Crippen LogP contribution is 2.37. The van der Waals surface area contributed by atoms with Crippen LogP contribution in [0.3, 0.4) is 0 Å². The van der Waals surface area contributed by atoms with Crippen molar-refractivity contribution in [3.05, 3.63) is 0 Å². The molecule has 3 atom stereocenters. The number of unbranched alkanes of at least 4 members (excludes halogenated alkanes) is 4. The van der Waals surface area contributed by atoms with Gasteiger partial charge in [-0.05, 0) is 106 Å². The largest absolute Gasteiger partial charge is 0.461 e. The van der Waals surface area contributed by atoms with Gasteiger partial charge in [0.1, 0.15) is 12.2 Å². The highest BCUT2D eigenvalue weighted by Gasteiger charge is 2.40. The normalized spacial score (nSPS) is 25.4. The zero-order valence-corrected chi connectivity index (χ0v) is 39.2. The van der Waals surface area contributed by atoms with Crippen LogP contribution >= 0.6 is 35.1 Å². The number of hydrogen-bond donors (Lipinski definition) is 0. The molecular formula is C49H85ClO6S2. The van der Waals surface area contributed by atoms with Crippen LogP contribution in [0.2, 0.25) is 0 Å². The fourth-order valence-electron chi connectivity index (χ4n) is 10.8. The Labute approximate surface area is 369 Å². The molecule has 336 valence electrons. The third-order valence-electron chi connectivity index (χ3n) is 14.5. The summed E-state index contributed by atoms with van der Waals surface area (Å²) >= 11 is 10.1. The number of halogens is 1. The maximum atomic E-state index is 13.0. The average molecular weight is 870 g/mol. The minimum atomic E-state index is -0.465. The summed E-state index contributed by atoms with van der Waals surface area (Å²) in [6.45, 7) is 0.655. The zero-order chi connectivity index (χ0) is 40.5. The fourth-order valence-corrected chi connectivity index (χ4v) is 13.4. The lowest BCUT2D eigenvalue weighted by atomic mass is 9.85. The number of ether oxygens (including phenoxy) is 4. The van der Waals surface area contributed by atoms with Crippen molar-refractivity contribution in [2.24, 2.45) is 23.7 Å². The molecular weight excluding hydrogens is 784 g/mol. The topological polar surface area (TPSA) is 71.1 Å². The van der Waals surface area contributed by atoms with Crippen LogP contribution < -0.4 is 0 Å². The standard InChI is InChI=1S/C49H85ClO6S2/c50-34-31-44-37-53-49(56-44,32-15-5-17-35-57-38-45(42-23-11-3-12-24-42)54-47(51)29-27-40-19-7-1-8-20-40)33-16-6-18-36-58-39-46(43-25-13-4-14-26-43)55-48(52)30-28-41-21-9-2-10-22-41/h40-46H,1-39H2. The molecule has 0 aromatic rings. The van der Waals surface area contributed by atoms with Crippen LogP contribution in [-0.2, 0) is 28.5 Å². The van der Waals surface area contributed by atoms with E-state index in [4.69, 9.17) is 30.5 Å². The van der Waals surface area contributed by atoms with Gasteiger partial charge in [0.05, 0.1) is 12.7 Å².